The minimum atomic E-state index is 0.767. The van der Waals surface area contributed by atoms with Gasteiger partial charge in [0.1, 0.15) is 0 Å². The molecule has 1 aliphatic heterocycles. The molecule has 17 heavy (non-hydrogen) atoms. The van der Waals surface area contributed by atoms with E-state index in [9.17, 15) is 0 Å². The van der Waals surface area contributed by atoms with Crippen molar-refractivity contribution in [3.05, 3.63) is 35.3 Å². The minimum absolute atomic E-state index is 0.767. The standard InChI is InChI=1S/C14H14N2S/c1-2-13-12(16-3-1)6-14(17-13)9-4-10-7-15-8-11(10)5-9/h1-4,6,10-11,15H,5,7-8H2/t10-,11+/m1/s1. The number of nitrogens with zero attached hydrogens (tertiary/aromatic N) is 1. The van der Waals surface area contributed by atoms with Crippen molar-refractivity contribution in [2.45, 2.75) is 6.42 Å². The Bertz CT molecular complexity index is 566. The van der Waals surface area contributed by atoms with Crippen LogP contribution < -0.4 is 5.32 Å². The van der Waals surface area contributed by atoms with E-state index in [0.29, 0.717) is 0 Å². The minimum Gasteiger partial charge on any atom is -0.316 e. The van der Waals surface area contributed by atoms with E-state index < -0.39 is 0 Å². The second kappa shape index (κ2) is 3.65. The largest absolute Gasteiger partial charge is 0.316 e. The summed E-state index contributed by atoms with van der Waals surface area (Å²) in [5.41, 5.74) is 2.69. The summed E-state index contributed by atoms with van der Waals surface area (Å²) in [4.78, 5) is 5.84. The first-order valence-electron chi connectivity index (χ1n) is 6.16. The Kier molecular flexibility index (Phi) is 2.11. The van der Waals surface area contributed by atoms with Gasteiger partial charge in [-0.25, -0.2) is 0 Å². The average Bonchev–Trinajstić information content (AvgIpc) is 3.01. The van der Waals surface area contributed by atoms with Gasteiger partial charge in [0.2, 0.25) is 0 Å². The highest BCUT2D eigenvalue weighted by atomic mass is 32.1. The number of pyridine rings is 1. The number of hydrogen-bond acceptors (Lipinski definition) is 3. The molecule has 3 heterocycles. The number of fused-ring (bicyclic) bond motifs is 2. The summed E-state index contributed by atoms with van der Waals surface area (Å²) in [6.45, 7) is 2.35. The van der Waals surface area contributed by atoms with Crippen LogP contribution >= 0.6 is 11.3 Å². The molecule has 0 radical (unpaired) electrons. The monoisotopic (exact) mass is 242 g/mol. The molecule has 0 saturated carbocycles. The third kappa shape index (κ3) is 1.53. The lowest BCUT2D eigenvalue weighted by Gasteiger charge is -2.04. The van der Waals surface area contributed by atoms with Gasteiger partial charge in [0.25, 0.3) is 0 Å². The number of allylic oxidation sites excluding steroid dienone is 1. The van der Waals surface area contributed by atoms with E-state index >= 15 is 0 Å². The predicted octanol–water partition coefficient (Wildman–Crippen LogP) is 2.92. The number of nitrogens with one attached hydrogen (secondary N) is 1. The Morgan fingerprint density at radius 2 is 2.35 bits per heavy atom. The highest BCUT2D eigenvalue weighted by Gasteiger charge is 2.32. The van der Waals surface area contributed by atoms with Crippen LogP contribution in [0.15, 0.2) is 30.5 Å². The van der Waals surface area contributed by atoms with Crippen molar-refractivity contribution in [1.82, 2.24) is 10.3 Å². The summed E-state index contributed by atoms with van der Waals surface area (Å²) >= 11 is 1.88. The summed E-state index contributed by atoms with van der Waals surface area (Å²) in [6, 6.07) is 6.43. The molecule has 1 aliphatic carbocycles. The molecule has 0 unspecified atom stereocenters. The number of thiophene rings is 1. The van der Waals surface area contributed by atoms with E-state index in [0.717, 1.165) is 23.9 Å². The lowest BCUT2D eigenvalue weighted by Crippen LogP contribution is -2.08. The van der Waals surface area contributed by atoms with Crippen molar-refractivity contribution in [2.75, 3.05) is 13.1 Å². The summed E-state index contributed by atoms with van der Waals surface area (Å²) in [6.07, 6.45) is 5.60. The Hall–Kier alpha value is -1.19. The van der Waals surface area contributed by atoms with Crippen LogP contribution in [-0.4, -0.2) is 18.1 Å². The summed E-state index contributed by atoms with van der Waals surface area (Å²) in [5.74, 6) is 1.60. The number of aromatic nitrogens is 1. The molecule has 0 aromatic carbocycles. The zero-order chi connectivity index (χ0) is 11.2. The lowest BCUT2D eigenvalue weighted by atomic mass is 10.00. The molecule has 2 nitrogen and oxygen atoms in total. The van der Waals surface area contributed by atoms with Gasteiger partial charge in [-0.2, -0.15) is 0 Å². The first kappa shape index (κ1) is 9.80. The SMILES string of the molecule is C1=C(c2cc3ncccc3s2)C[C@H]2CNC[C@@H]12. The second-order valence-electron chi connectivity index (χ2n) is 4.98. The first-order valence-corrected chi connectivity index (χ1v) is 6.98. The number of rotatable bonds is 1. The summed E-state index contributed by atoms with van der Waals surface area (Å²) in [5, 5.41) is 3.47. The second-order valence-corrected chi connectivity index (χ2v) is 6.06. The molecule has 0 amide bonds. The van der Waals surface area contributed by atoms with E-state index in [1.165, 1.54) is 22.5 Å². The van der Waals surface area contributed by atoms with Gasteiger partial charge in [-0.1, -0.05) is 6.08 Å². The lowest BCUT2D eigenvalue weighted by molar-refractivity contribution is 0.536. The smallest absolute Gasteiger partial charge is 0.0816 e. The molecular formula is C14H14N2S. The molecule has 0 bridgehead atoms. The fourth-order valence-electron chi connectivity index (χ4n) is 2.99. The van der Waals surface area contributed by atoms with E-state index in [1.807, 2.05) is 23.6 Å². The molecule has 3 heteroatoms. The Balaban J connectivity index is 1.75. The van der Waals surface area contributed by atoms with Crippen LogP contribution in [0.5, 0.6) is 0 Å². The molecule has 2 aromatic rings. The molecule has 0 spiro atoms. The van der Waals surface area contributed by atoms with Crippen molar-refractivity contribution in [1.29, 1.82) is 0 Å². The van der Waals surface area contributed by atoms with Crippen LogP contribution in [-0.2, 0) is 0 Å². The van der Waals surface area contributed by atoms with Crippen LogP contribution in [0.3, 0.4) is 0 Å². The van der Waals surface area contributed by atoms with Crippen molar-refractivity contribution in [3.8, 4) is 0 Å². The fourth-order valence-corrected chi connectivity index (χ4v) is 4.04. The van der Waals surface area contributed by atoms with Gasteiger partial charge in [0, 0.05) is 17.6 Å². The Labute approximate surface area is 104 Å². The molecule has 2 atom stereocenters. The van der Waals surface area contributed by atoms with Crippen molar-refractivity contribution in [2.24, 2.45) is 11.8 Å². The highest BCUT2D eigenvalue weighted by Crippen LogP contribution is 2.41. The topological polar surface area (TPSA) is 24.9 Å². The quantitative estimate of drug-likeness (QED) is 0.831. The Morgan fingerprint density at radius 1 is 1.35 bits per heavy atom. The van der Waals surface area contributed by atoms with E-state index in [4.69, 9.17) is 0 Å². The van der Waals surface area contributed by atoms with Crippen LogP contribution in [0.4, 0.5) is 0 Å². The van der Waals surface area contributed by atoms with Gasteiger partial charge >= 0.3 is 0 Å². The van der Waals surface area contributed by atoms with Gasteiger partial charge in [-0.15, -0.1) is 11.3 Å². The fraction of sp³-hybridized carbons (Fsp3) is 0.357. The van der Waals surface area contributed by atoms with E-state index in [2.05, 4.69) is 28.5 Å². The average molecular weight is 242 g/mol. The van der Waals surface area contributed by atoms with Gasteiger partial charge in [-0.3, -0.25) is 4.98 Å². The molecule has 86 valence electrons. The maximum absolute atomic E-state index is 4.42. The summed E-state index contributed by atoms with van der Waals surface area (Å²) in [7, 11) is 0. The normalized spacial score (nSPS) is 27.4. The first-order chi connectivity index (χ1) is 8.40. The third-order valence-electron chi connectivity index (χ3n) is 3.89. The third-order valence-corrected chi connectivity index (χ3v) is 5.06. The zero-order valence-corrected chi connectivity index (χ0v) is 10.3. The van der Waals surface area contributed by atoms with Crippen LogP contribution in [0.1, 0.15) is 11.3 Å². The predicted molar refractivity (Wildman–Crippen MR) is 72.1 cm³/mol. The van der Waals surface area contributed by atoms with Crippen molar-refractivity contribution < 1.29 is 0 Å². The van der Waals surface area contributed by atoms with Crippen LogP contribution in [0, 0.1) is 11.8 Å². The zero-order valence-electron chi connectivity index (χ0n) is 9.52. The summed E-state index contributed by atoms with van der Waals surface area (Å²) < 4.78 is 1.30. The van der Waals surface area contributed by atoms with Crippen LogP contribution in [0.2, 0.25) is 0 Å². The van der Waals surface area contributed by atoms with E-state index in [-0.39, 0.29) is 0 Å². The Morgan fingerprint density at radius 3 is 3.24 bits per heavy atom. The van der Waals surface area contributed by atoms with Crippen LogP contribution in [0.25, 0.3) is 15.8 Å². The van der Waals surface area contributed by atoms with Gasteiger partial charge in [0.05, 0.1) is 10.2 Å². The molecule has 1 fully saturated rings. The van der Waals surface area contributed by atoms with Crippen molar-refractivity contribution >= 4 is 27.1 Å². The highest BCUT2D eigenvalue weighted by molar-refractivity contribution is 7.20. The molecule has 2 aromatic heterocycles. The van der Waals surface area contributed by atoms with Gasteiger partial charge in [-0.05, 0) is 48.6 Å². The molecular weight excluding hydrogens is 228 g/mol. The van der Waals surface area contributed by atoms with Gasteiger partial charge < -0.3 is 5.32 Å². The van der Waals surface area contributed by atoms with Gasteiger partial charge in [0.15, 0.2) is 0 Å². The maximum atomic E-state index is 4.42. The molecule has 2 aliphatic rings. The number of hydrogen-bond donors (Lipinski definition) is 1. The molecule has 4 rings (SSSR count). The molecule has 1 saturated heterocycles. The van der Waals surface area contributed by atoms with E-state index in [1.54, 1.807) is 5.57 Å². The van der Waals surface area contributed by atoms with Crippen molar-refractivity contribution in [3.63, 3.8) is 0 Å². The molecule has 1 N–H and O–H groups in total. The maximum Gasteiger partial charge on any atom is 0.0816 e.